The zero-order chi connectivity index (χ0) is 9.84. The molecule has 4 heteroatoms. The maximum Gasteiger partial charge on any atom is 0.409 e. The summed E-state index contributed by atoms with van der Waals surface area (Å²) in [4.78, 5) is 13.0. The van der Waals surface area contributed by atoms with Crippen molar-refractivity contribution in [1.29, 1.82) is 0 Å². The molecule has 4 nitrogen and oxygen atoms in total. The number of carbonyl (C=O) groups is 1. The number of nitrogens with one attached hydrogen (secondary N) is 1. The van der Waals surface area contributed by atoms with Gasteiger partial charge in [-0.25, -0.2) is 4.79 Å². The molecule has 0 radical (unpaired) electrons. The normalized spacial score (nSPS) is 28.7. The summed E-state index contributed by atoms with van der Waals surface area (Å²) in [5, 5.41) is 3.25. The Morgan fingerprint density at radius 2 is 2.31 bits per heavy atom. The van der Waals surface area contributed by atoms with Crippen LogP contribution in [0.25, 0.3) is 0 Å². The minimum atomic E-state index is -0.207. The van der Waals surface area contributed by atoms with Gasteiger partial charge < -0.3 is 15.0 Å². The highest BCUT2D eigenvalue weighted by Crippen LogP contribution is 2.16. The maximum atomic E-state index is 11.2. The molecule has 1 aliphatic rings. The molecule has 76 valence electrons. The maximum absolute atomic E-state index is 11.2. The molecule has 0 bridgehead atoms. The number of hydrogen-bond donors (Lipinski definition) is 1. The molecule has 1 aliphatic heterocycles. The van der Waals surface area contributed by atoms with Crippen LogP contribution in [0.2, 0.25) is 0 Å². The Morgan fingerprint density at radius 3 is 2.77 bits per heavy atom. The molecule has 2 atom stereocenters. The highest BCUT2D eigenvalue weighted by molar-refractivity contribution is 5.67. The first kappa shape index (κ1) is 10.3. The van der Waals surface area contributed by atoms with Crippen LogP contribution in [0, 0.1) is 5.92 Å². The third kappa shape index (κ3) is 2.34. The third-order valence-corrected chi connectivity index (χ3v) is 2.71. The Labute approximate surface area is 79.2 Å². The summed E-state index contributed by atoms with van der Waals surface area (Å²) in [7, 11) is 3.39. The molecule has 0 aromatic carbocycles. The minimum absolute atomic E-state index is 0.207. The molecule has 1 saturated heterocycles. The second-order valence-corrected chi connectivity index (χ2v) is 3.58. The van der Waals surface area contributed by atoms with E-state index in [0.29, 0.717) is 12.0 Å². The number of carbonyl (C=O) groups excluding carboxylic acids is 1. The van der Waals surface area contributed by atoms with E-state index in [4.69, 9.17) is 0 Å². The van der Waals surface area contributed by atoms with Crippen LogP contribution in [-0.2, 0) is 4.74 Å². The minimum Gasteiger partial charge on any atom is -0.453 e. The Morgan fingerprint density at radius 1 is 1.62 bits per heavy atom. The second kappa shape index (κ2) is 4.46. The van der Waals surface area contributed by atoms with Crippen LogP contribution in [0.4, 0.5) is 4.79 Å². The van der Waals surface area contributed by atoms with Crippen LogP contribution in [0.5, 0.6) is 0 Å². The number of likely N-dealkylation sites (tertiary alicyclic amines) is 1. The van der Waals surface area contributed by atoms with Crippen molar-refractivity contribution >= 4 is 6.09 Å². The molecule has 0 aromatic rings. The fourth-order valence-electron chi connectivity index (χ4n) is 1.87. The van der Waals surface area contributed by atoms with Crippen LogP contribution < -0.4 is 5.32 Å². The lowest BCUT2D eigenvalue weighted by molar-refractivity contribution is 0.0956. The standard InChI is InChI=1S/C9H18N2O2/c1-7-6-11(9(12)13-3)5-4-8(7)10-2/h7-8,10H,4-6H2,1-3H3. The van der Waals surface area contributed by atoms with Gasteiger partial charge in [0, 0.05) is 19.1 Å². The summed E-state index contributed by atoms with van der Waals surface area (Å²) in [5.74, 6) is 0.498. The van der Waals surface area contributed by atoms with E-state index in [1.807, 2.05) is 7.05 Å². The molecule has 1 rings (SSSR count). The van der Waals surface area contributed by atoms with Gasteiger partial charge in [0.25, 0.3) is 0 Å². The van der Waals surface area contributed by atoms with Gasteiger partial charge in [0.05, 0.1) is 7.11 Å². The number of ether oxygens (including phenoxy) is 1. The largest absolute Gasteiger partial charge is 0.453 e. The van der Waals surface area contributed by atoms with Gasteiger partial charge in [-0.3, -0.25) is 0 Å². The Hall–Kier alpha value is -0.770. The van der Waals surface area contributed by atoms with Gasteiger partial charge in [0.15, 0.2) is 0 Å². The SMILES string of the molecule is CNC1CCN(C(=O)OC)CC1C. The number of nitrogens with zero attached hydrogens (tertiary/aromatic N) is 1. The van der Waals surface area contributed by atoms with Crippen molar-refractivity contribution in [1.82, 2.24) is 10.2 Å². The van der Waals surface area contributed by atoms with E-state index in [9.17, 15) is 4.79 Å². The summed E-state index contributed by atoms with van der Waals surface area (Å²) < 4.78 is 4.67. The van der Waals surface area contributed by atoms with Crippen LogP contribution in [0.1, 0.15) is 13.3 Å². The molecular weight excluding hydrogens is 168 g/mol. The molecular formula is C9H18N2O2. The monoisotopic (exact) mass is 186 g/mol. The van der Waals surface area contributed by atoms with Gasteiger partial charge in [0.1, 0.15) is 0 Å². The van der Waals surface area contributed by atoms with E-state index in [0.717, 1.165) is 19.5 Å². The lowest BCUT2D eigenvalue weighted by Gasteiger charge is -2.35. The molecule has 1 fully saturated rings. The lowest BCUT2D eigenvalue weighted by Crippen LogP contribution is -2.49. The van der Waals surface area contributed by atoms with Crippen molar-refractivity contribution in [2.45, 2.75) is 19.4 Å². The van der Waals surface area contributed by atoms with Gasteiger partial charge in [-0.1, -0.05) is 6.92 Å². The third-order valence-electron chi connectivity index (χ3n) is 2.71. The van der Waals surface area contributed by atoms with Crippen molar-refractivity contribution in [3.05, 3.63) is 0 Å². The molecule has 2 unspecified atom stereocenters. The summed E-state index contributed by atoms with van der Waals surface area (Å²) >= 11 is 0. The van der Waals surface area contributed by atoms with Gasteiger partial charge in [-0.2, -0.15) is 0 Å². The summed E-state index contributed by atoms with van der Waals surface area (Å²) in [5.41, 5.74) is 0. The highest BCUT2D eigenvalue weighted by atomic mass is 16.5. The molecule has 1 heterocycles. The number of methoxy groups -OCH3 is 1. The molecule has 0 aliphatic carbocycles. The van der Waals surface area contributed by atoms with Crippen LogP contribution in [-0.4, -0.2) is 44.3 Å². The van der Waals surface area contributed by atoms with Crippen molar-refractivity contribution in [3.63, 3.8) is 0 Å². The average molecular weight is 186 g/mol. The number of amides is 1. The first-order valence-corrected chi connectivity index (χ1v) is 4.69. The average Bonchev–Trinajstić information content (AvgIpc) is 2.16. The molecule has 0 spiro atoms. The van der Waals surface area contributed by atoms with Gasteiger partial charge in [-0.15, -0.1) is 0 Å². The first-order chi connectivity index (χ1) is 6.19. The Balaban J connectivity index is 2.45. The first-order valence-electron chi connectivity index (χ1n) is 4.69. The van der Waals surface area contributed by atoms with E-state index in [2.05, 4.69) is 17.0 Å². The number of hydrogen-bond acceptors (Lipinski definition) is 3. The predicted octanol–water partition coefficient (Wildman–Crippen LogP) is 0.683. The van der Waals surface area contributed by atoms with E-state index >= 15 is 0 Å². The lowest BCUT2D eigenvalue weighted by atomic mass is 9.94. The van der Waals surface area contributed by atoms with Crippen molar-refractivity contribution in [2.24, 2.45) is 5.92 Å². The highest BCUT2D eigenvalue weighted by Gasteiger charge is 2.27. The van der Waals surface area contributed by atoms with Crippen molar-refractivity contribution in [2.75, 3.05) is 27.2 Å². The Bertz CT molecular complexity index is 184. The predicted molar refractivity (Wildman–Crippen MR) is 50.6 cm³/mol. The smallest absolute Gasteiger partial charge is 0.409 e. The van der Waals surface area contributed by atoms with Crippen LogP contribution >= 0.6 is 0 Å². The number of piperidine rings is 1. The molecule has 1 N–H and O–H groups in total. The van der Waals surface area contributed by atoms with Crippen LogP contribution in [0.15, 0.2) is 0 Å². The second-order valence-electron chi connectivity index (χ2n) is 3.58. The zero-order valence-electron chi connectivity index (χ0n) is 8.54. The van der Waals surface area contributed by atoms with Crippen LogP contribution in [0.3, 0.4) is 0 Å². The van der Waals surface area contributed by atoms with E-state index < -0.39 is 0 Å². The zero-order valence-corrected chi connectivity index (χ0v) is 8.54. The number of rotatable bonds is 1. The van der Waals surface area contributed by atoms with Gasteiger partial charge in [0.2, 0.25) is 0 Å². The van der Waals surface area contributed by atoms with E-state index in [1.54, 1.807) is 4.90 Å². The summed E-state index contributed by atoms with van der Waals surface area (Å²) in [6.45, 7) is 3.73. The van der Waals surface area contributed by atoms with Gasteiger partial charge in [-0.05, 0) is 19.4 Å². The Kier molecular flexibility index (Phi) is 3.54. The molecule has 13 heavy (non-hydrogen) atoms. The fourth-order valence-corrected chi connectivity index (χ4v) is 1.87. The fraction of sp³-hybridized carbons (Fsp3) is 0.889. The van der Waals surface area contributed by atoms with Crippen molar-refractivity contribution < 1.29 is 9.53 Å². The summed E-state index contributed by atoms with van der Waals surface area (Å²) in [6, 6.07) is 0.529. The van der Waals surface area contributed by atoms with E-state index in [-0.39, 0.29) is 6.09 Å². The quantitative estimate of drug-likeness (QED) is 0.655. The van der Waals surface area contributed by atoms with E-state index in [1.165, 1.54) is 7.11 Å². The molecule has 1 amide bonds. The summed E-state index contributed by atoms with van der Waals surface area (Å²) in [6.07, 6.45) is 0.800. The van der Waals surface area contributed by atoms with Gasteiger partial charge >= 0.3 is 6.09 Å². The topological polar surface area (TPSA) is 41.6 Å². The van der Waals surface area contributed by atoms with Crippen molar-refractivity contribution in [3.8, 4) is 0 Å². The molecule has 0 saturated carbocycles. The molecule has 0 aromatic heterocycles.